The van der Waals surface area contributed by atoms with Crippen LogP contribution in [0.25, 0.3) is 0 Å². The van der Waals surface area contributed by atoms with Crippen LogP contribution < -0.4 is 4.89 Å². The molecule has 490 valence electrons. The largest absolute Gasteiger partial charge is 0.756 e. The van der Waals surface area contributed by atoms with Gasteiger partial charge in [0.1, 0.15) is 19.8 Å². The number of hydrogen-bond donors (Lipinski definition) is 0. The highest BCUT2D eigenvalue weighted by atomic mass is 31.2. The number of hydrogen-bond acceptors (Lipinski definition) is 8. The Kier molecular flexibility index (Phi) is 63.3. The van der Waals surface area contributed by atoms with Crippen LogP contribution in [0, 0.1) is 0 Å². The standard InChI is InChI=1S/C73H140NO8P/c1-6-8-10-12-14-16-18-20-22-24-26-28-30-32-34-35-36-37-38-40-41-43-45-47-49-51-53-55-57-59-61-63-65-72(75)79-69-71(70-81-83(77,78)80-68-67-74(3,4)5)82-73(76)66-64-62-60-58-56-54-52-50-48-46-44-42-39-33-31-29-27-25-23-21-19-17-15-13-11-9-7-2/h19,21,25,27,31,33,71H,6-18,20,22-24,26,28-30,32,34-70H2,1-5H3/b21-19-,27-25-,33-31-. The van der Waals surface area contributed by atoms with Crippen LogP contribution in [-0.4, -0.2) is 70.0 Å². The van der Waals surface area contributed by atoms with Gasteiger partial charge < -0.3 is 27.9 Å². The number of rotatable bonds is 68. The summed E-state index contributed by atoms with van der Waals surface area (Å²) in [7, 11) is 1.18. The van der Waals surface area contributed by atoms with Crippen molar-refractivity contribution in [3.05, 3.63) is 36.5 Å². The minimum Gasteiger partial charge on any atom is -0.756 e. The van der Waals surface area contributed by atoms with Crippen molar-refractivity contribution in [1.29, 1.82) is 0 Å². The molecule has 0 rings (SSSR count). The van der Waals surface area contributed by atoms with Gasteiger partial charge in [-0.05, 0) is 51.4 Å². The van der Waals surface area contributed by atoms with Gasteiger partial charge in [-0.2, -0.15) is 0 Å². The SMILES string of the molecule is CCCCCCC/C=C\C/C=C\C/C=C\CCCCCCCCCCCCCCC(=O)OC(COC(=O)CCCCCCCCCCCCCCCCCCCCCCCCCCCCCCCCCC)COP(=O)([O-])OCC[N+](C)(C)C. The maximum atomic E-state index is 12.9. The van der Waals surface area contributed by atoms with Gasteiger partial charge in [0.25, 0.3) is 7.82 Å². The molecule has 0 aliphatic heterocycles. The van der Waals surface area contributed by atoms with E-state index in [2.05, 4.69) is 50.3 Å². The molecule has 0 bridgehead atoms. The molecule has 0 aromatic heterocycles. The molecule has 0 spiro atoms. The molecule has 83 heavy (non-hydrogen) atoms. The summed E-state index contributed by atoms with van der Waals surface area (Å²) in [5.41, 5.74) is 0. The molecule has 0 saturated heterocycles. The topological polar surface area (TPSA) is 111 Å². The first-order chi connectivity index (χ1) is 40.5. The van der Waals surface area contributed by atoms with Crippen molar-refractivity contribution in [3.8, 4) is 0 Å². The van der Waals surface area contributed by atoms with Crippen LogP contribution in [0.1, 0.15) is 367 Å². The lowest BCUT2D eigenvalue weighted by atomic mass is 10.0. The molecule has 0 aromatic carbocycles. The van der Waals surface area contributed by atoms with Gasteiger partial charge in [-0.3, -0.25) is 14.2 Å². The summed E-state index contributed by atoms with van der Waals surface area (Å²) < 4.78 is 34.3. The van der Waals surface area contributed by atoms with Gasteiger partial charge in [0.15, 0.2) is 6.10 Å². The molecule has 0 amide bonds. The summed E-state index contributed by atoms with van der Waals surface area (Å²) in [5, 5.41) is 0. The number of quaternary nitrogens is 1. The zero-order valence-electron chi connectivity index (χ0n) is 55.9. The fraction of sp³-hybridized carbons (Fsp3) is 0.890. The number of esters is 2. The van der Waals surface area contributed by atoms with E-state index in [1.165, 1.54) is 283 Å². The van der Waals surface area contributed by atoms with E-state index < -0.39 is 26.5 Å². The summed E-state index contributed by atoms with van der Waals surface area (Å²) in [5.74, 6) is -0.815. The van der Waals surface area contributed by atoms with Crippen molar-refractivity contribution in [1.82, 2.24) is 0 Å². The Morgan fingerprint density at radius 3 is 0.964 bits per heavy atom. The van der Waals surface area contributed by atoms with Crippen LogP contribution in [-0.2, 0) is 32.7 Å². The zero-order valence-corrected chi connectivity index (χ0v) is 56.8. The minimum atomic E-state index is -4.64. The van der Waals surface area contributed by atoms with Gasteiger partial charge in [0, 0.05) is 12.8 Å². The summed E-state index contributed by atoms with van der Waals surface area (Å²) in [6, 6.07) is 0. The van der Waals surface area contributed by atoms with Gasteiger partial charge in [-0.15, -0.1) is 0 Å². The van der Waals surface area contributed by atoms with Crippen LogP contribution in [0.5, 0.6) is 0 Å². The van der Waals surface area contributed by atoms with Crippen molar-refractivity contribution < 1.29 is 42.1 Å². The predicted octanol–water partition coefficient (Wildman–Crippen LogP) is 22.8. The molecular formula is C73H140NO8P. The van der Waals surface area contributed by atoms with Gasteiger partial charge in [-0.1, -0.05) is 339 Å². The zero-order chi connectivity index (χ0) is 60.5. The third-order valence-electron chi connectivity index (χ3n) is 16.4. The smallest absolute Gasteiger partial charge is 0.306 e. The minimum absolute atomic E-state index is 0.0291. The second-order valence-electron chi connectivity index (χ2n) is 26.0. The first kappa shape index (κ1) is 81.2. The molecule has 10 heteroatoms. The second kappa shape index (κ2) is 64.7. The molecule has 0 fully saturated rings. The van der Waals surface area contributed by atoms with Gasteiger partial charge in [-0.25, -0.2) is 0 Å². The first-order valence-electron chi connectivity index (χ1n) is 36.2. The van der Waals surface area contributed by atoms with E-state index in [-0.39, 0.29) is 32.0 Å². The van der Waals surface area contributed by atoms with Crippen LogP contribution in [0.4, 0.5) is 0 Å². The summed E-state index contributed by atoms with van der Waals surface area (Å²) in [6.45, 7) is 4.30. The number of ether oxygens (including phenoxy) is 2. The van der Waals surface area contributed by atoms with Crippen molar-refractivity contribution in [2.24, 2.45) is 0 Å². The third-order valence-corrected chi connectivity index (χ3v) is 17.4. The number of likely N-dealkylation sites (N-methyl/N-ethyl adjacent to an activating group) is 1. The van der Waals surface area contributed by atoms with Crippen molar-refractivity contribution in [2.45, 2.75) is 373 Å². The number of unbranched alkanes of at least 4 members (excludes halogenated alkanes) is 48. The van der Waals surface area contributed by atoms with Gasteiger partial charge in [0.2, 0.25) is 0 Å². The van der Waals surface area contributed by atoms with E-state index in [0.717, 1.165) is 51.4 Å². The van der Waals surface area contributed by atoms with Crippen molar-refractivity contribution >= 4 is 19.8 Å². The van der Waals surface area contributed by atoms with E-state index in [9.17, 15) is 19.0 Å². The Morgan fingerprint density at radius 1 is 0.373 bits per heavy atom. The van der Waals surface area contributed by atoms with E-state index >= 15 is 0 Å². The number of nitrogens with zero attached hydrogens (tertiary/aromatic N) is 1. The number of carbonyl (C=O) groups excluding carboxylic acids is 2. The highest BCUT2D eigenvalue weighted by Crippen LogP contribution is 2.38. The lowest BCUT2D eigenvalue weighted by Crippen LogP contribution is -2.37. The van der Waals surface area contributed by atoms with Crippen molar-refractivity contribution in [2.75, 3.05) is 47.5 Å². The lowest BCUT2D eigenvalue weighted by molar-refractivity contribution is -0.870. The van der Waals surface area contributed by atoms with E-state index in [4.69, 9.17) is 18.5 Å². The van der Waals surface area contributed by atoms with Crippen LogP contribution >= 0.6 is 7.82 Å². The van der Waals surface area contributed by atoms with Gasteiger partial charge >= 0.3 is 11.9 Å². The van der Waals surface area contributed by atoms with Crippen LogP contribution in [0.3, 0.4) is 0 Å². The maximum Gasteiger partial charge on any atom is 0.306 e. The summed E-state index contributed by atoms with van der Waals surface area (Å²) in [6.07, 6.45) is 82.4. The normalized spacial score (nSPS) is 13.3. The molecule has 0 radical (unpaired) electrons. The molecule has 0 aliphatic rings. The van der Waals surface area contributed by atoms with Gasteiger partial charge in [0.05, 0.1) is 27.7 Å². The molecule has 9 nitrogen and oxygen atoms in total. The molecule has 0 aromatic rings. The molecule has 0 aliphatic carbocycles. The van der Waals surface area contributed by atoms with Crippen LogP contribution in [0.2, 0.25) is 0 Å². The second-order valence-corrected chi connectivity index (χ2v) is 27.4. The first-order valence-corrected chi connectivity index (χ1v) is 37.7. The fourth-order valence-corrected chi connectivity index (χ4v) is 11.6. The number of phosphoric acid groups is 1. The molecule has 0 saturated carbocycles. The van der Waals surface area contributed by atoms with Crippen molar-refractivity contribution in [3.63, 3.8) is 0 Å². The van der Waals surface area contributed by atoms with E-state index in [1.807, 2.05) is 21.1 Å². The summed E-state index contributed by atoms with van der Waals surface area (Å²) >= 11 is 0. The summed E-state index contributed by atoms with van der Waals surface area (Å²) in [4.78, 5) is 38.1. The Bertz CT molecular complexity index is 1490. The Balaban J connectivity index is 3.98. The highest BCUT2D eigenvalue weighted by Gasteiger charge is 2.22. The average molecular weight is 1190 g/mol. The molecule has 0 N–H and O–H groups in total. The van der Waals surface area contributed by atoms with Crippen LogP contribution in [0.15, 0.2) is 36.5 Å². The Hall–Kier alpha value is -1.77. The maximum absolute atomic E-state index is 12.9. The number of phosphoric ester groups is 1. The third kappa shape index (κ3) is 69.2. The highest BCUT2D eigenvalue weighted by molar-refractivity contribution is 7.45. The predicted molar refractivity (Wildman–Crippen MR) is 356 cm³/mol. The number of carbonyl (C=O) groups is 2. The fourth-order valence-electron chi connectivity index (χ4n) is 10.8. The van der Waals surface area contributed by atoms with E-state index in [1.54, 1.807) is 0 Å². The Labute approximate surface area is 516 Å². The monoisotopic (exact) mass is 1190 g/mol. The molecular weight excluding hydrogens is 1050 g/mol. The average Bonchev–Trinajstić information content (AvgIpc) is 3.49. The molecule has 2 unspecified atom stereocenters. The quantitative estimate of drug-likeness (QED) is 0.0195. The van der Waals surface area contributed by atoms with E-state index in [0.29, 0.717) is 17.4 Å². The Morgan fingerprint density at radius 2 is 0.651 bits per heavy atom. The molecule has 0 heterocycles. The number of allylic oxidation sites excluding steroid dienone is 6. The molecule has 2 atom stereocenters. The lowest BCUT2D eigenvalue weighted by Gasteiger charge is -2.28.